The van der Waals surface area contributed by atoms with Gasteiger partial charge in [0, 0.05) is 18.5 Å². The molecule has 0 aliphatic heterocycles. The zero-order valence-electron chi connectivity index (χ0n) is 9.82. The fourth-order valence-electron chi connectivity index (χ4n) is 2.63. The van der Waals surface area contributed by atoms with Crippen LogP contribution in [0.4, 0.5) is 0 Å². The molecule has 0 amide bonds. The van der Waals surface area contributed by atoms with E-state index in [9.17, 15) is 0 Å². The first-order chi connectivity index (χ1) is 7.74. The minimum absolute atomic E-state index is 0.303. The first-order valence-corrected chi connectivity index (χ1v) is 7.00. The molecule has 1 saturated carbocycles. The van der Waals surface area contributed by atoms with E-state index in [4.69, 9.17) is 5.73 Å². The molecule has 1 fully saturated rings. The Bertz CT molecular complexity index is 348. The van der Waals surface area contributed by atoms with Crippen molar-refractivity contribution in [3.63, 3.8) is 0 Å². The first-order valence-electron chi connectivity index (χ1n) is 6.20. The van der Waals surface area contributed by atoms with E-state index < -0.39 is 0 Å². The highest BCUT2D eigenvalue weighted by molar-refractivity contribution is 9.10. The minimum atomic E-state index is 0.303. The summed E-state index contributed by atoms with van der Waals surface area (Å²) in [5.74, 6) is 0.483. The molecule has 4 heteroatoms. The lowest BCUT2D eigenvalue weighted by atomic mass is 9.83. The Morgan fingerprint density at radius 2 is 2.25 bits per heavy atom. The van der Waals surface area contributed by atoms with Crippen LogP contribution in [0.15, 0.2) is 10.7 Å². The van der Waals surface area contributed by atoms with Crippen molar-refractivity contribution in [2.75, 3.05) is 0 Å². The lowest BCUT2D eigenvalue weighted by Crippen LogP contribution is -2.33. The molecule has 2 atom stereocenters. The molecule has 0 radical (unpaired) electrons. The molecule has 2 rings (SSSR count). The molecule has 0 spiro atoms. The van der Waals surface area contributed by atoms with Gasteiger partial charge in [0.1, 0.15) is 0 Å². The van der Waals surface area contributed by atoms with Crippen molar-refractivity contribution in [2.24, 2.45) is 5.73 Å². The normalized spacial score (nSPS) is 25.9. The molecule has 1 aromatic rings. The van der Waals surface area contributed by atoms with Crippen LogP contribution in [-0.4, -0.2) is 15.8 Å². The summed E-state index contributed by atoms with van der Waals surface area (Å²) in [6.07, 6.45) is 7.94. The zero-order valence-corrected chi connectivity index (χ0v) is 11.4. The van der Waals surface area contributed by atoms with Gasteiger partial charge in [-0.3, -0.25) is 4.68 Å². The van der Waals surface area contributed by atoms with Gasteiger partial charge in [-0.05, 0) is 35.2 Å². The van der Waals surface area contributed by atoms with Crippen LogP contribution in [0.25, 0.3) is 0 Å². The molecule has 1 aromatic heterocycles. The van der Waals surface area contributed by atoms with Crippen LogP contribution >= 0.6 is 15.9 Å². The van der Waals surface area contributed by atoms with E-state index in [1.54, 1.807) is 0 Å². The van der Waals surface area contributed by atoms with Gasteiger partial charge in [-0.25, -0.2) is 0 Å². The van der Waals surface area contributed by atoms with Crippen molar-refractivity contribution in [2.45, 2.75) is 57.5 Å². The average Bonchev–Trinajstić information content (AvgIpc) is 2.62. The van der Waals surface area contributed by atoms with Crippen LogP contribution in [0.2, 0.25) is 0 Å². The summed E-state index contributed by atoms with van der Waals surface area (Å²) in [6.45, 7) is 3.17. The molecule has 1 aliphatic carbocycles. The van der Waals surface area contributed by atoms with Gasteiger partial charge >= 0.3 is 0 Å². The number of nitrogens with two attached hydrogens (primary N) is 1. The summed E-state index contributed by atoms with van der Waals surface area (Å²) in [7, 11) is 0. The van der Waals surface area contributed by atoms with Gasteiger partial charge in [0.25, 0.3) is 0 Å². The molecule has 2 N–H and O–H groups in total. The summed E-state index contributed by atoms with van der Waals surface area (Å²) in [5.41, 5.74) is 7.56. The Morgan fingerprint density at radius 1 is 1.50 bits per heavy atom. The minimum Gasteiger partial charge on any atom is -0.327 e. The smallest absolute Gasteiger partial charge is 0.0635 e. The van der Waals surface area contributed by atoms with Crippen molar-refractivity contribution in [3.8, 4) is 0 Å². The molecular formula is C12H20BrN3. The standard InChI is InChI=1S/C12H20BrN3/c1-2-7-16-12(10(13)8-15-16)9-5-3-4-6-11(9)14/h8-9,11H,2-7,14H2,1H3. The van der Waals surface area contributed by atoms with Crippen molar-refractivity contribution in [1.82, 2.24) is 9.78 Å². The lowest BCUT2D eigenvalue weighted by molar-refractivity contribution is 0.363. The number of rotatable bonds is 3. The Kier molecular flexibility index (Phi) is 4.03. The van der Waals surface area contributed by atoms with Crippen LogP contribution in [0.3, 0.4) is 0 Å². The monoisotopic (exact) mass is 285 g/mol. The van der Waals surface area contributed by atoms with Gasteiger partial charge in [-0.2, -0.15) is 5.10 Å². The molecule has 90 valence electrons. The van der Waals surface area contributed by atoms with Gasteiger partial charge in [-0.1, -0.05) is 19.8 Å². The Hall–Kier alpha value is -0.350. The van der Waals surface area contributed by atoms with Crippen molar-refractivity contribution in [1.29, 1.82) is 0 Å². The molecule has 0 bridgehead atoms. The summed E-state index contributed by atoms with van der Waals surface area (Å²) < 4.78 is 3.25. The topological polar surface area (TPSA) is 43.8 Å². The number of aromatic nitrogens is 2. The quantitative estimate of drug-likeness (QED) is 0.928. The van der Waals surface area contributed by atoms with Gasteiger partial charge in [-0.15, -0.1) is 0 Å². The second-order valence-electron chi connectivity index (χ2n) is 4.66. The van der Waals surface area contributed by atoms with Gasteiger partial charge in [0.15, 0.2) is 0 Å². The van der Waals surface area contributed by atoms with Crippen LogP contribution < -0.4 is 5.73 Å². The number of aryl methyl sites for hydroxylation is 1. The van der Waals surface area contributed by atoms with E-state index in [2.05, 4.69) is 32.6 Å². The van der Waals surface area contributed by atoms with Crippen LogP contribution in [-0.2, 0) is 6.54 Å². The molecule has 3 nitrogen and oxygen atoms in total. The van der Waals surface area contributed by atoms with Crippen LogP contribution in [0.5, 0.6) is 0 Å². The highest BCUT2D eigenvalue weighted by atomic mass is 79.9. The van der Waals surface area contributed by atoms with Gasteiger partial charge in [0.2, 0.25) is 0 Å². The van der Waals surface area contributed by atoms with E-state index in [-0.39, 0.29) is 0 Å². The summed E-state index contributed by atoms with van der Waals surface area (Å²) in [4.78, 5) is 0. The Labute approximate surface area is 106 Å². The van der Waals surface area contributed by atoms with E-state index in [1.807, 2.05) is 6.20 Å². The van der Waals surface area contributed by atoms with Crippen molar-refractivity contribution < 1.29 is 0 Å². The van der Waals surface area contributed by atoms with E-state index in [1.165, 1.54) is 25.0 Å². The third kappa shape index (κ3) is 2.33. The fourth-order valence-corrected chi connectivity index (χ4v) is 3.22. The maximum absolute atomic E-state index is 6.24. The molecule has 0 aromatic carbocycles. The van der Waals surface area contributed by atoms with Crippen molar-refractivity contribution >= 4 is 15.9 Å². The Morgan fingerprint density at radius 3 is 2.94 bits per heavy atom. The van der Waals surface area contributed by atoms with Crippen LogP contribution in [0.1, 0.15) is 50.6 Å². The molecule has 16 heavy (non-hydrogen) atoms. The molecular weight excluding hydrogens is 266 g/mol. The maximum atomic E-state index is 6.24. The average molecular weight is 286 g/mol. The first kappa shape index (κ1) is 12.1. The predicted molar refractivity (Wildman–Crippen MR) is 69.4 cm³/mol. The molecule has 1 aliphatic rings. The highest BCUT2D eigenvalue weighted by Crippen LogP contribution is 2.35. The summed E-state index contributed by atoms with van der Waals surface area (Å²) in [6, 6.07) is 0.303. The molecule has 0 saturated heterocycles. The Balaban J connectivity index is 2.26. The second-order valence-corrected chi connectivity index (χ2v) is 5.51. The van der Waals surface area contributed by atoms with Gasteiger partial charge < -0.3 is 5.73 Å². The SMILES string of the molecule is CCCn1ncc(Br)c1C1CCCCC1N. The van der Waals surface area contributed by atoms with E-state index >= 15 is 0 Å². The fraction of sp³-hybridized carbons (Fsp3) is 0.750. The number of hydrogen-bond acceptors (Lipinski definition) is 2. The number of nitrogens with zero attached hydrogens (tertiary/aromatic N) is 2. The highest BCUT2D eigenvalue weighted by Gasteiger charge is 2.28. The predicted octanol–water partition coefficient (Wildman–Crippen LogP) is 3.04. The summed E-state index contributed by atoms with van der Waals surface area (Å²) >= 11 is 3.61. The third-order valence-electron chi connectivity index (χ3n) is 3.44. The van der Waals surface area contributed by atoms with Crippen molar-refractivity contribution in [3.05, 3.63) is 16.4 Å². The molecule has 1 heterocycles. The molecule has 2 unspecified atom stereocenters. The zero-order chi connectivity index (χ0) is 11.5. The lowest BCUT2D eigenvalue weighted by Gasteiger charge is -2.29. The third-order valence-corrected chi connectivity index (χ3v) is 4.05. The van der Waals surface area contributed by atoms with Gasteiger partial charge in [0.05, 0.1) is 16.4 Å². The summed E-state index contributed by atoms with van der Waals surface area (Å²) in [5, 5.41) is 4.43. The number of halogens is 1. The second kappa shape index (κ2) is 5.32. The number of hydrogen-bond donors (Lipinski definition) is 1. The maximum Gasteiger partial charge on any atom is 0.0635 e. The van der Waals surface area contributed by atoms with E-state index in [0.29, 0.717) is 12.0 Å². The van der Waals surface area contributed by atoms with Crippen LogP contribution in [0, 0.1) is 0 Å². The largest absolute Gasteiger partial charge is 0.327 e. The van der Waals surface area contributed by atoms with E-state index in [0.717, 1.165) is 23.9 Å².